The minimum atomic E-state index is -3.81. The topological polar surface area (TPSA) is 60.4 Å². The van der Waals surface area contributed by atoms with Crippen molar-refractivity contribution in [1.82, 2.24) is 0 Å². The first-order chi connectivity index (χ1) is 17.8. The van der Waals surface area contributed by atoms with Crippen LogP contribution in [0.2, 0.25) is 0 Å². The molecule has 0 saturated heterocycles. The van der Waals surface area contributed by atoms with E-state index in [0.29, 0.717) is 5.57 Å². The number of hydrogen-bond donors (Lipinski definition) is 0. The van der Waals surface area contributed by atoms with Crippen LogP contribution < -0.4 is 0 Å². The molecule has 2 aliphatic carbocycles. The van der Waals surface area contributed by atoms with Gasteiger partial charge in [-0.2, -0.15) is 0 Å². The molecule has 0 N–H and O–H groups in total. The summed E-state index contributed by atoms with van der Waals surface area (Å²) in [5, 5.41) is -1.02. The fourth-order valence-corrected chi connectivity index (χ4v) is 7.92. The predicted octanol–water partition coefficient (Wildman–Crippen LogP) is 7.85. The third-order valence-corrected chi connectivity index (χ3v) is 10.6. The number of carbonyl (C=O) groups is 1. The highest BCUT2D eigenvalue weighted by Crippen LogP contribution is 2.42. The molecule has 204 valence electrons. The largest absolute Gasteiger partial charge is 0.453 e. The summed E-state index contributed by atoms with van der Waals surface area (Å²) in [6.07, 6.45) is 14.9. The summed E-state index contributed by atoms with van der Waals surface area (Å²) in [7, 11) is -3.81. The van der Waals surface area contributed by atoms with Gasteiger partial charge >= 0.3 is 5.97 Å². The van der Waals surface area contributed by atoms with Crippen LogP contribution in [0.25, 0.3) is 0 Å². The molecule has 5 heteroatoms. The zero-order valence-corrected chi connectivity index (χ0v) is 24.5. The van der Waals surface area contributed by atoms with Crippen molar-refractivity contribution >= 4 is 15.8 Å². The van der Waals surface area contributed by atoms with Crippen LogP contribution in [0.5, 0.6) is 0 Å². The molecule has 0 radical (unpaired) electrons. The monoisotopic (exact) mass is 534 g/mol. The van der Waals surface area contributed by atoms with Crippen molar-refractivity contribution < 1.29 is 17.9 Å². The molecule has 0 bridgehead atoms. The third kappa shape index (κ3) is 5.83. The van der Waals surface area contributed by atoms with Crippen molar-refractivity contribution in [1.29, 1.82) is 0 Å². The molecule has 0 aromatic heterocycles. The Kier molecular flexibility index (Phi) is 8.09. The molecule has 0 amide bonds. The summed E-state index contributed by atoms with van der Waals surface area (Å²) in [6, 6.07) is 8.44. The lowest BCUT2D eigenvalue weighted by molar-refractivity contribution is -0.139. The van der Waals surface area contributed by atoms with Gasteiger partial charge in [0.05, 0.1) is 10.5 Å². The van der Waals surface area contributed by atoms with Gasteiger partial charge in [0.1, 0.15) is 11.4 Å². The average Bonchev–Trinajstić information content (AvgIpc) is 3.20. The molecule has 2 atom stereocenters. The second kappa shape index (κ2) is 10.8. The normalized spacial score (nSPS) is 24.7. The van der Waals surface area contributed by atoms with E-state index in [2.05, 4.69) is 41.5 Å². The summed E-state index contributed by atoms with van der Waals surface area (Å²) < 4.78 is 33.5. The maximum Gasteiger partial charge on any atom is 0.338 e. The van der Waals surface area contributed by atoms with Crippen molar-refractivity contribution in [2.45, 2.75) is 96.3 Å². The highest BCUT2D eigenvalue weighted by Gasteiger charge is 2.39. The summed E-state index contributed by atoms with van der Waals surface area (Å²) in [5.74, 6) is -0.479. The summed E-state index contributed by atoms with van der Waals surface area (Å²) in [4.78, 5) is 13.2. The Morgan fingerprint density at radius 2 is 1.42 bits per heavy atom. The van der Waals surface area contributed by atoms with Crippen molar-refractivity contribution in [3.63, 3.8) is 0 Å². The average molecular weight is 535 g/mol. The number of cyclic esters (lactones) is 1. The third-order valence-electron chi connectivity index (χ3n) is 8.54. The van der Waals surface area contributed by atoms with E-state index >= 15 is 0 Å². The first-order valence-corrected chi connectivity index (χ1v) is 15.4. The van der Waals surface area contributed by atoms with Crippen molar-refractivity contribution in [2.24, 2.45) is 10.8 Å². The summed E-state index contributed by atoms with van der Waals surface area (Å²) >= 11 is 0. The maximum atomic E-state index is 13.9. The van der Waals surface area contributed by atoms with Crippen LogP contribution in [0, 0.1) is 10.8 Å². The number of allylic oxidation sites excluding steroid dienone is 6. The Bertz CT molecular complexity index is 1330. The zero-order valence-electron chi connectivity index (χ0n) is 23.7. The van der Waals surface area contributed by atoms with E-state index in [1.165, 1.54) is 28.7 Å². The molecule has 4 nitrogen and oxygen atoms in total. The minimum absolute atomic E-state index is 0.0334. The molecule has 2 unspecified atom stereocenters. The van der Waals surface area contributed by atoms with Gasteiger partial charge in [0.15, 0.2) is 9.84 Å². The van der Waals surface area contributed by atoms with E-state index < -0.39 is 27.2 Å². The molecule has 0 spiro atoms. The molecule has 3 aliphatic rings. The highest BCUT2D eigenvalue weighted by atomic mass is 32.2. The second-order valence-electron chi connectivity index (χ2n) is 12.4. The first kappa shape index (κ1) is 28.4. The quantitative estimate of drug-likeness (QED) is 0.334. The molecular formula is C33H42O4S. The van der Waals surface area contributed by atoms with Crippen LogP contribution in [0.3, 0.4) is 0 Å². The van der Waals surface area contributed by atoms with Gasteiger partial charge < -0.3 is 4.74 Å². The number of hydrogen-bond acceptors (Lipinski definition) is 4. The Hall–Kier alpha value is -2.66. The van der Waals surface area contributed by atoms with Gasteiger partial charge in [-0.05, 0) is 98.6 Å². The molecule has 38 heavy (non-hydrogen) atoms. The standard InChI is InChI=1S/C33H42O4S/c1-23-12-10-20-32(3,4)27(23)17-16-25-22-29(37-31(25)34)30(38(35,36)26-14-8-7-9-15-26)19-18-28-24(2)13-11-21-33(28,5)6/h7-9,14-19,22,29-30H,10-13,20-21H2,1-6H3/b17-16+,19-18+. The summed E-state index contributed by atoms with van der Waals surface area (Å²) in [6.45, 7) is 13.2. The Morgan fingerprint density at radius 3 is 1.97 bits per heavy atom. The van der Waals surface area contributed by atoms with Crippen molar-refractivity contribution in [3.05, 3.63) is 88.6 Å². The fraction of sp³-hybridized carbons (Fsp3) is 0.485. The van der Waals surface area contributed by atoms with Gasteiger partial charge in [0.2, 0.25) is 0 Å². The molecule has 0 fully saturated rings. The Labute approximate surface area is 229 Å². The number of benzene rings is 1. The van der Waals surface area contributed by atoms with Crippen LogP contribution in [0.4, 0.5) is 0 Å². The molecule has 0 saturated carbocycles. The van der Waals surface area contributed by atoms with Gasteiger partial charge in [-0.1, -0.05) is 75.3 Å². The van der Waals surface area contributed by atoms with Crippen LogP contribution in [-0.4, -0.2) is 25.7 Å². The molecular weight excluding hydrogens is 492 g/mol. The van der Waals surface area contributed by atoms with E-state index in [9.17, 15) is 13.2 Å². The Balaban J connectivity index is 1.72. The smallest absolute Gasteiger partial charge is 0.338 e. The van der Waals surface area contributed by atoms with E-state index in [1.54, 1.807) is 48.6 Å². The summed E-state index contributed by atoms with van der Waals surface area (Å²) in [5.41, 5.74) is 5.47. The number of esters is 1. The second-order valence-corrected chi connectivity index (χ2v) is 14.5. The van der Waals surface area contributed by atoms with Crippen LogP contribution >= 0.6 is 0 Å². The maximum absolute atomic E-state index is 13.9. The molecule has 4 rings (SSSR count). The lowest BCUT2D eigenvalue weighted by Crippen LogP contribution is -2.32. The molecule has 1 aromatic carbocycles. The van der Waals surface area contributed by atoms with Crippen LogP contribution in [0.15, 0.2) is 93.5 Å². The minimum Gasteiger partial charge on any atom is -0.453 e. The van der Waals surface area contributed by atoms with Crippen LogP contribution in [0.1, 0.15) is 80.1 Å². The van der Waals surface area contributed by atoms with Gasteiger partial charge in [0, 0.05) is 0 Å². The number of rotatable bonds is 7. The number of carbonyl (C=O) groups excluding carboxylic acids is 1. The van der Waals surface area contributed by atoms with Gasteiger partial charge in [-0.3, -0.25) is 0 Å². The molecule has 1 aliphatic heterocycles. The van der Waals surface area contributed by atoms with E-state index in [1.807, 2.05) is 12.2 Å². The van der Waals surface area contributed by atoms with Gasteiger partial charge in [0.25, 0.3) is 0 Å². The fourth-order valence-electron chi connectivity index (χ4n) is 6.30. The van der Waals surface area contributed by atoms with E-state index in [0.717, 1.165) is 32.1 Å². The Morgan fingerprint density at radius 1 is 0.868 bits per heavy atom. The molecule has 1 heterocycles. The number of sulfone groups is 1. The van der Waals surface area contributed by atoms with Crippen LogP contribution in [-0.2, 0) is 19.4 Å². The van der Waals surface area contributed by atoms with E-state index in [4.69, 9.17) is 4.74 Å². The van der Waals surface area contributed by atoms with E-state index in [-0.39, 0.29) is 15.7 Å². The first-order valence-electron chi connectivity index (χ1n) is 13.8. The zero-order chi connectivity index (χ0) is 27.7. The highest BCUT2D eigenvalue weighted by molar-refractivity contribution is 7.92. The number of ether oxygens (including phenoxy) is 1. The van der Waals surface area contributed by atoms with Gasteiger partial charge in [-0.25, -0.2) is 13.2 Å². The lowest BCUT2D eigenvalue weighted by Gasteiger charge is -2.33. The van der Waals surface area contributed by atoms with Crippen molar-refractivity contribution in [2.75, 3.05) is 0 Å². The predicted molar refractivity (Wildman–Crippen MR) is 154 cm³/mol. The van der Waals surface area contributed by atoms with Crippen molar-refractivity contribution in [3.8, 4) is 0 Å². The SMILES string of the molecule is CC1=C(/C=C/C2=CC(C(/C=C/C3=C(C)CCCC3(C)C)S(=O)(=O)c3ccccc3)OC2=O)C(C)(C)CCC1. The molecule has 1 aromatic rings. The lowest BCUT2D eigenvalue weighted by atomic mass is 9.72. The van der Waals surface area contributed by atoms with Gasteiger partial charge in [-0.15, -0.1) is 0 Å².